The molecule has 0 unspecified atom stereocenters. The van der Waals surface area contributed by atoms with Crippen molar-refractivity contribution in [1.82, 2.24) is 67.6 Å². The molecule has 1 aromatic heterocycles. The minimum atomic E-state index is -1.70. The highest BCUT2D eigenvalue weighted by Gasteiger charge is 2.45. The van der Waals surface area contributed by atoms with Crippen molar-refractivity contribution in [2.24, 2.45) is 35.3 Å². The number of hydrogen-bond donors (Lipinski definition) is 15. The number of carbonyl (C=O) groups excluding carboxylic acids is 11. The molecule has 3 heterocycles. The Hall–Kier alpha value is -8.09. The standard InChI is InChI=1S/C65H104N14O16/c1-12-36(8)50(61(90)71-45(26-34(4)5)63(92)78-24-18-22-48(78)58(87)72-46(65(94)95)27-35(6)7)75-59(88)49-23-19-25-79(49)64(93)53(39(11)82)77-56(85)44(29-41-30-67-33-68-41)70-60(89)51(37(9)13-2)76-62(91)52(38(10)14-3)74-57(86)47(32-81)73-55(84)43(69-54(83)42(66)31-80)28-40-20-16-15-17-21-40/h15-17,20-21,30,33-39,42-53,80-82H,12-14,18-19,22-29,31-32,66H2,1-11H3,(H,67,68)(H,69,83)(H,70,89)(H,71,90)(H,72,87)(H,73,84)(H,74,86)(H,75,88)(H,76,91)(H,77,85)(H,94,95)/t36-,37-,38-,39+,42-,43-,44-,45-,46-,47-,48-,49-,50-,51-,52-,53-/m0/s1. The van der Waals surface area contributed by atoms with E-state index in [9.17, 15) is 78.0 Å². The largest absolute Gasteiger partial charge is 0.480 e. The number of benzene rings is 1. The Morgan fingerprint density at radius 2 is 0.958 bits per heavy atom. The molecule has 30 nitrogen and oxygen atoms in total. The summed E-state index contributed by atoms with van der Waals surface area (Å²) in [6.07, 6.45) is 3.34. The molecular formula is C65H104N14O16. The molecule has 530 valence electrons. The maximum absolute atomic E-state index is 14.7. The Bertz CT molecular complexity index is 2900. The van der Waals surface area contributed by atoms with Gasteiger partial charge in [0.2, 0.25) is 65.0 Å². The van der Waals surface area contributed by atoms with Crippen LogP contribution in [0, 0.1) is 29.6 Å². The van der Waals surface area contributed by atoms with Gasteiger partial charge in [0.15, 0.2) is 0 Å². The molecule has 4 rings (SSSR count). The lowest BCUT2D eigenvalue weighted by molar-refractivity contribution is -0.146. The van der Waals surface area contributed by atoms with Gasteiger partial charge in [-0.15, -0.1) is 0 Å². The number of carboxylic acid groups (broad SMARTS) is 1. The van der Waals surface area contributed by atoms with Crippen LogP contribution in [0.15, 0.2) is 42.9 Å². The van der Waals surface area contributed by atoms with Crippen molar-refractivity contribution in [1.29, 1.82) is 0 Å². The third-order valence-electron chi connectivity index (χ3n) is 17.6. The molecule has 2 saturated heterocycles. The van der Waals surface area contributed by atoms with Gasteiger partial charge in [0.1, 0.15) is 72.5 Å². The number of aromatic amines is 1. The van der Waals surface area contributed by atoms with Crippen LogP contribution in [0.25, 0.3) is 0 Å². The predicted molar refractivity (Wildman–Crippen MR) is 348 cm³/mol. The molecule has 11 amide bonds. The molecule has 0 saturated carbocycles. The summed E-state index contributed by atoms with van der Waals surface area (Å²) < 4.78 is 0. The Morgan fingerprint density at radius 1 is 0.526 bits per heavy atom. The summed E-state index contributed by atoms with van der Waals surface area (Å²) >= 11 is 0. The van der Waals surface area contributed by atoms with Crippen LogP contribution in [0.4, 0.5) is 0 Å². The topological polar surface area (TPSA) is 455 Å². The number of nitrogens with zero attached hydrogens (tertiary/aromatic N) is 3. The number of H-pyrrole nitrogens is 1. The van der Waals surface area contributed by atoms with Gasteiger partial charge in [0.05, 0.1) is 25.6 Å². The number of carbonyl (C=O) groups is 12. The highest BCUT2D eigenvalue weighted by Crippen LogP contribution is 2.24. The molecule has 2 aromatic rings. The average molecular weight is 1340 g/mol. The fraction of sp³-hybridized carbons (Fsp3) is 0.677. The number of aromatic nitrogens is 2. The summed E-state index contributed by atoms with van der Waals surface area (Å²) in [5.74, 6) is -12.0. The van der Waals surface area contributed by atoms with E-state index in [1.54, 1.807) is 71.9 Å². The number of rotatable bonds is 38. The fourth-order valence-electron chi connectivity index (χ4n) is 11.4. The molecule has 95 heavy (non-hydrogen) atoms. The quantitative estimate of drug-likeness (QED) is 0.0366. The second-order valence-corrected chi connectivity index (χ2v) is 26.1. The third kappa shape index (κ3) is 23.4. The maximum atomic E-state index is 14.7. The van der Waals surface area contributed by atoms with Gasteiger partial charge in [-0.05, 0) is 80.6 Å². The number of likely N-dealkylation sites (tertiary alicyclic amines) is 2. The third-order valence-corrected chi connectivity index (χ3v) is 17.6. The van der Waals surface area contributed by atoms with Gasteiger partial charge in [0.25, 0.3) is 0 Å². The summed E-state index contributed by atoms with van der Waals surface area (Å²) in [7, 11) is 0. The van der Waals surface area contributed by atoms with E-state index in [4.69, 9.17) is 5.73 Å². The molecule has 30 heteroatoms. The first-order chi connectivity index (χ1) is 44.9. The number of nitrogens with one attached hydrogen (secondary N) is 10. The van der Waals surface area contributed by atoms with E-state index in [-0.39, 0.29) is 63.5 Å². The summed E-state index contributed by atoms with van der Waals surface area (Å²) in [6.45, 7) is 17.5. The van der Waals surface area contributed by atoms with E-state index >= 15 is 0 Å². The van der Waals surface area contributed by atoms with Crippen molar-refractivity contribution in [2.45, 2.75) is 225 Å². The van der Waals surface area contributed by atoms with Gasteiger partial charge in [-0.1, -0.05) is 119 Å². The molecule has 16 N–H and O–H groups in total. The van der Waals surface area contributed by atoms with Crippen molar-refractivity contribution in [3.8, 4) is 0 Å². The lowest BCUT2D eigenvalue weighted by Gasteiger charge is -2.33. The lowest BCUT2D eigenvalue weighted by atomic mass is 9.94. The summed E-state index contributed by atoms with van der Waals surface area (Å²) in [5.41, 5.74) is 6.68. The molecule has 0 spiro atoms. The van der Waals surface area contributed by atoms with Crippen LogP contribution < -0.4 is 53.6 Å². The molecule has 2 fully saturated rings. The predicted octanol–water partition coefficient (Wildman–Crippen LogP) is -1.45. The molecule has 16 atom stereocenters. The van der Waals surface area contributed by atoms with E-state index in [1.165, 1.54) is 29.2 Å². The Labute approximate surface area is 555 Å². The first-order valence-corrected chi connectivity index (χ1v) is 33.1. The molecule has 1 aromatic carbocycles. The van der Waals surface area contributed by atoms with E-state index in [0.717, 1.165) is 0 Å². The minimum absolute atomic E-state index is 0.00495. The smallest absolute Gasteiger partial charge is 0.326 e. The number of aliphatic carboxylic acids is 1. The van der Waals surface area contributed by atoms with E-state index in [1.807, 2.05) is 27.7 Å². The van der Waals surface area contributed by atoms with Gasteiger partial charge in [-0.25, -0.2) is 9.78 Å². The van der Waals surface area contributed by atoms with Gasteiger partial charge in [-0.2, -0.15) is 0 Å². The van der Waals surface area contributed by atoms with Crippen LogP contribution in [-0.4, -0.2) is 216 Å². The number of aliphatic hydroxyl groups is 3. The number of imidazole rings is 1. The van der Waals surface area contributed by atoms with Crippen molar-refractivity contribution >= 4 is 70.9 Å². The average Bonchev–Trinajstić information content (AvgIpc) is 1.79. The molecule has 0 bridgehead atoms. The highest BCUT2D eigenvalue weighted by atomic mass is 16.4. The van der Waals surface area contributed by atoms with Gasteiger partial charge in [-0.3, -0.25) is 52.7 Å². The number of aliphatic hydroxyl groups excluding tert-OH is 3. The second-order valence-electron chi connectivity index (χ2n) is 26.1. The van der Waals surface area contributed by atoms with Crippen LogP contribution in [0.2, 0.25) is 0 Å². The van der Waals surface area contributed by atoms with Gasteiger partial charge < -0.3 is 88.8 Å². The monoisotopic (exact) mass is 1340 g/mol. The number of nitrogens with two attached hydrogens (primary N) is 1. The minimum Gasteiger partial charge on any atom is -0.480 e. The second kappa shape index (κ2) is 38.5. The zero-order chi connectivity index (χ0) is 71.0. The van der Waals surface area contributed by atoms with E-state index in [2.05, 4.69) is 57.8 Å². The highest BCUT2D eigenvalue weighted by molar-refractivity contribution is 6.00. The number of amides is 11. The Balaban J connectivity index is 1.53. The normalized spacial score (nSPS) is 19.1. The number of hydrogen-bond acceptors (Lipinski definition) is 17. The van der Waals surface area contributed by atoms with Crippen molar-refractivity contribution in [3.05, 3.63) is 54.1 Å². The van der Waals surface area contributed by atoms with Crippen molar-refractivity contribution < 1.29 is 78.0 Å². The maximum Gasteiger partial charge on any atom is 0.326 e. The zero-order valence-electron chi connectivity index (χ0n) is 56.6. The fourth-order valence-corrected chi connectivity index (χ4v) is 11.4. The molecule has 0 aliphatic carbocycles. The molecule has 2 aliphatic heterocycles. The number of carboxylic acids is 1. The molecule has 0 radical (unpaired) electrons. The van der Waals surface area contributed by atoms with Gasteiger partial charge in [0, 0.05) is 37.8 Å². The summed E-state index contributed by atoms with van der Waals surface area (Å²) in [4.78, 5) is 177. The van der Waals surface area contributed by atoms with Gasteiger partial charge >= 0.3 is 5.97 Å². The van der Waals surface area contributed by atoms with Crippen LogP contribution in [0.1, 0.15) is 145 Å². The first-order valence-electron chi connectivity index (χ1n) is 33.1. The lowest BCUT2D eigenvalue weighted by Crippen LogP contribution is -2.63. The van der Waals surface area contributed by atoms with Crippen LogP contribution in [-0.2, 0) is 70.4 Å². The van der Waals surface area contributed by atoms with Crippen molar-refractivity contribution in [2.75, 3.05) is 26.3 Å². The van der Waals surface area contributed by atoms with Crippen LogP contribution >= 0.6 is 0 Å². The Kier molecular flexibility index (Phi) is 32.1. The van der Waals surface area contributed by atoms with Crippen LogP contribution in [0.5, 0.6) is 0 Å². The van der Waals surface area contributed by atoms with Crippen LogP contribution in [0.3, 0.4) is 0 Å². The first kappa shape index (κ1) is 79.3. The van der Waals surface area contributed by atoms with E-state index < -0.39 is 181 Å². The van der Waals surface area contributed by atoms with Crippen molar-refractivity contribution in [3.63, 3.8) is 0 Å². The SMILES string of the molecule is CC[C@H](C)[C@H](NC(=O)[C@H](CO)NC(=O)[C@H](Cc1ccccc1)NC(=O)[C@@H](N)CO)C(=O)N[C@H](C(=O)N[C@@H](Cc1cnc[nH]1)C(=O)N[C@H](C(=O)N1CCC[C@H]1C(=O)N[C@H](C(=O)N[C@@H](CC(C)C)C(=O)N1CCC[C@H]1C(=O)N[C@@H](CC(C)C)C(=O)O)[C@@H](C)CC)[C@@H](C)O)[C@@H](C)CC. The molecule has 2 aliphatic rings. The molecular weight excluding hydrogens is 1230 g/mol. The summed E-state index contributed by atoms with van der Waals surface area (Å²) in [6, 6.07) is -7.48. The van der Waals surface area contributed by atoms with E-state index in [0.29, 0.717) is 43.4 Å². The zero-order valence-corrected chi connectivity index (χ0v) is 56.6. The summed E-state index contributed by atoms with van der Waals surface area (Å²) in [5, 5.41) is 64.7. The Morgan fingerprint density at radius 3 is 1.44 bits per heavy atom.